The Morgan fingerprint density at radius 1 is 1.11 bits per heavy atom. The number of carboxylic acid groups (broad SMARTS) is 1. The molecule has 0 spiro atoms. The van der Waals surface area contributed by atoms with Gasteiger partial charge in [0.15, 0.2) is 5.65 Å². The SMILES string of the molecule is O=C(O)c1cccc(-c2cc(F)ccc2Oc2ccc3nnc(Cl)n3n2)c1. The Kier molecular flexibility index (Phi) is 4.17. The van der Waals surface area contributed by atoms with Gasteiger partial charge in [0.25, 0.3) is 0 Å². The van der Waals surface area contributed by atoms with Crippen molar-refractivity contribution < 1.29 is 19.0 Å². The molecule has 0 aliphatic rings. The minimum atomic E-state index is -1.08. The van der Waals surface area contributed by atoms with E-state index in [1.165, 1.54) is 34.8 Å². The molecule has 0 saturated carbocycles. The van der Waals surface area contributed by atoms with E-state index < -0.39 is 11.8 Å². The maximum absolute atomic E-state index is 13.8. The minimum Gasteiger partial charge on any atom is -0.478 e. The molecule has 7 nitrogen and oxygen atoms in total. The van der Waals surface area contributed by atoms with Crippen LogP contribution in [0.2, 0.25) is 5.28 Å². The van der Waals surface area contributed by atoms with E-state index in [9.17, 15) is 14.3 Å². The lowest BCUT2D eigenvalue weighted by Crippen LogP contribution is -1.98. The van der Waals surface area contributed by atoms with E-state index in [-0.39, 0.29) is 16.7 Å². The zero-order chi connectivity index (χ0) is 19.0. The Morgan fingerprint density at radius 3 is 2.78 bits per heavy atom. The Morgan fingerprint density at radius 2 is 1.96 bits per heavy atom. The lowest BCUT2D eigenvalue weighted by atomic mass is 10.0. The van der Waals surface area contributed by atoms with E-state index in [0.717, 1.165) is 0 Å². The van der Waals surface area contributed by atoms with Crippen molar-refractivity contribution in [1.82, 2.24) is 19.8 Å². The van der Waals surface area contributed by atoms with Crippen LogP contribution in [0.1, 0.15) is 10.4 Å². The van der Waals surface area contributed by atoms with Crippen LogP contribution in [0.4, 0.5) is 4.39 Å². The molecule has 0 aliphatic carbocycles. The van der Waals surface area contributed by atoms with Crippen molar-refractivity contribution in [2.75, 3.05) is 0 Å². The Hall–Kier alpha value is -3.52. The van der Waals surface area contributed by atoms with Crippen LogP contribution in [0.5, 0.6) is 11.6 Å². The topological polar surface area (TPSA) is 89.6 Å². The predicted octanol–water partition coefficient (Wildman–Crippen LogP) is 4.07. The quantitative estimate of drug-likeness (QED) is 0.570. The molecule has 0 atom stereocenters. The number of carboxylic acids is 1. The van der Waals surface area contributed by atoms with E-state index >= 15 is 0 Å². The van der Waals surface area contributed by atoms with Crippen LogP contribution in [0.25, 0.3) is 16.8 Å². The highest BCUT2D eigenvalue weighted by molar-refractivity contribution is 6.28. The number of aromatic carboxylic acids is 1. The van der Waals surface area contributed by atoms with E-state index in [1.807, 2.05) is 0 Å². The summed E-state index contributed by atoms with van der Waals surface area (Å²) in [5, 5.41) is 21.0. The normalized spacial score (nSPS) is 10.9. The molecule has 2 aromatic carbocycles. The molecule has 0 saturated heterocycles. The number of nitrogens with zero attached hydrogens (tertiary/aromatic N) is 4. The number of rotatable bonds is 4. The fraction of sp³-hybridized carbons (Fsp3) is 0. The summed E-state index contributed by atoms with van der Waals surface area (Å²) in [6.07, 6.45) is 0. The molecule has 2 aromatic heterocycles. The van der Waals surface area contributed by atoms with Crippen LogP contribution < -0.4 is 4.74 Å². The molecule has 0 amide bonds. The van der Waals surface area contributed by atoms with Gasteiger partial charge >= 0.3 is 5.97 Å². The van der Waals surface area contributed by atoms with Gasteiger partial charge in [-0.05, 0) is 53.6 Å². The van der Waals surface area contributed by atoms with Crippen molar-refractivity contribution in [2.24, 2.45) is 0 Å². The second-order valence-electron chi connectivity index (χ2n) is 5.54. The zero-order valence-corrected chi connectivity index (χ0v) is 14.3. The Balaban J connectivity index is 1.78. The van der Waals surface area contributed by atoms with Gasteiger partial charge in [-0.3, -0.25) is 0 Å². The highest BCUT2D eigenvalue weighted by Gasteiger charge is 2.13. The first-order valence-electron chi connectivity index (χ1n) is 7.70. The van der Waals surface area contributed by atoms with Crippen LogP contribution in [0.15, 0.2) is 54.6 Å². The standard InChI is InChI=1S/C18H10ClFN4O3/c19-18-22-21-15-6-7-16(23-24(15)18)27-14-5-4-12(20)9-13(14)10-2-1-3-11(8-10)17(25)26/h1-9H,(H,25,26). The number of fused-ring (bicyclic) bond motifs is 1. The number of halogens is 2. The van der Waals surface area contributed by atoms with Crippen LogP contribution >= 0.6 is 11.6 Å². The van der Waals surface area contributed by atoms with E-state index in [4.69, 9.17) is 16.3 Å². The summed E-state index contributed by atoms with van der Waals surface area (Å²) in [7, 11) is 0. The molecule has 0 unspecified atom stereocenters. The van der Waals surface area contributed by atoms with Crippen molar-refractivity contribution in [3.8, 4) is 22.8 Å². The molecule has 0 fully saturated rings. The van der Waals surface area contributed by atoms with Crippen molar-refractivity contribution >= 4 is 23.2 Å². The highest BCUT2D eigenvalue weighted by Crippen LogP contribution is 2.34. The zero-order valence-electron chi connectivity index (χ0n) is 13.5. The van der Waals surface area contributed by atoms with E-state index in [2.05, 4.69) is 15.3 Å². The fourth-order valence-corrected chi connectivity index (χ4v) is 2.71. The summed E-state index contributed by atoms with van der Waals surface area (Å²) in [5.74, 6) is -1.07. The Bertz CT molecular complexity index is 1180. The van der Waals surface area contributed by atoms with Crippen LogP contribution in [0.3, 0.4) is 0 Å². The van der Waals surface area contributed by atoms with Crippen molar-refractivity contribution in [2.45, 2.75) is 0 Å². The summed E-state index contributed by atoms with van der Waals surface area (Å²) in [5.41, 5.74) is 1.40. The molecular formula is C18H10ClFN4O3. The van der Waals surface area contributed by atoms with Gasteiger partial charge in [0.05, 0.1) is 5.56 Å². The molecule has 0 aliphatic heterocycles. The molecule has 9 heteroatoms. The van der Waals surface area contributed by atoms with Crippen molar-refractivity contribution in [3.63, 3.8) is 0 Å². The summed E-state index contributed by atoms with van der Waals surface area (Å²) in [6.45, 7) is 0. The van der Waals surface area contributed by atoms with Crippen molar-refractivity contribution in [3.05, 3.63) is 71.3 Å². The molecule has 2 heterocycles. The highest BCUT2D eigenvalue weighted by atomic mass is 35.5. The van der Waals surface area contributed by atoms with Gasteiger partial charge in [-0.1, -0.05) is 12.1 Å². The molecular weight excluding hydrogens is 375 g/mol. The maximum Gasteiger partial charge on any atom is 0.335 e. The number of benzene rings is 2. The molecule has 0 radical (unpaired) electrons. The first-order valence-corrected chi connectivity index (χ1v) is 8.08. The smallest absolute Gasteiger partial charge is 0.335 e. The van der Waals surface area contributed by atoms with Crippen LogP contribution in [-0.4, -0.2) is 30.9 Å². The monoisotopic (exact) mass is 384 g/mol. The van der Waals surface area contributed by atoms with Gasteiger partial charge in [0.2, 0.25) is 11.2 Å². The third kappa shape index (κ3) is 3.30. The third-order valence-corrected chi connectivity index (χ3v) is 4.01. The molecule has 27 heavy (non-hydrogen) atoms. The van der Waals surface area contributed by atoms with Gasteiger partial charge in [0, 0.05) is 11.6 Å². The average Bonchev–Trinajstić information content (AvgIpc) is 3.04. The number of hydrogen-bond donors (Lipinski definition) is 1. The Labute approximate surface area is 156 Å². The summed E-state index contributed by atoms with van der Waals surface area (Å²) in [6, 6.07) is 13.3. The lowest BCUT2D eigenvalue weighted by Gasteiger charge is -2.11. The second-order valence-corrected chi connectivity index (χ2v) is 5.88. The van der Waals surface area contributed by atoms with Gasteiger partial charge in [0.1, 0.15) is 11.6 Å². The fourth-order valence-electron chi connectivity index (χ4n) is 2.55. The van der Waals surface area contributed by atoms with Gasteiger partial charge in [-0.25, -0.2) is 9.18 Å². The largest absolute Gasteiger partial charge is 0.478 e. The van der Waals surface area contributed by atoms with Gasteiger partial charge in [-0.15, -0.1) is 15.3 Å². The minimum absolute atomic E-state index is 0.0731. The maximum atomic E-state index is 13.8. The summed E-state index contributed by atoms with van der Waals surface area (Å²) >= 11 is 5.91. The molecule has 0 bridgehead atoms. The van der Waals surface area contributed by atoms with Crippen LogP contribution in [-0.2, 0) is 0 Å². The molecule has 134 valence electrons. The third-order valence-electron chi connectivity index (χ3n) is 3.78. The second kappa shape index (κ2) is 6.65. The molecule has 4 rings (SSSR count). The molecule has 4 aromatic rings. The first-order chi connectivity index (χ1) is 13.0. The number of hydrogen-bond acceptors (Lipinski definition) is 5. The van der Waals surface area contributed by atoms with Gasteiger partial charge in [-0.2, -0.15) is 4.52 Å². The summed E-state index contributed by atoms with van der Waals surface area (Å²) in [4.78, 5) is 11.2. The predicted molar refractivity (Wildman–Crippen MR) is 94.7 cm³/mol. The lowest BCUT2D eigenvalue weighted by molar-refractivity contribution is 0.0697. The number of aromatic nitrogens is 4. The first kappa shape index (κ1) is 16.9. The van der Waals surface area contributed by atoms with E-state index in [0.29, 0.717) is 22.5 Å². The number of carbonyl (C=O) groups is 1. The van der Waals surface area contributed by atoms with E-state index in [1.54, 1.807) is 24.3 Å². The summed E-state index contributed by atoms with van der Waals surface area (Å²) < 4.78 is 20.9. The van der Waals surface area contributed by atoms with Crippen molar-refractivity contribution in [1.29, 1.82) is 0 Å². The van der Waals surface area contributed by atoms with Crippen LogP contribution in [0, 0.1) is 5.82 Å². The molecule has 1 N–H and O–H groups in total. The number of ether oxygens (including phenoxy) is 1. The van der Waals surface area contributed by atoms with Gasteiger partial charge < -0.3 is 9.84 Å². The average molecular weight is 385 g/mol.